The molecule has 0 saturated heterocycles. The smallest absolute Gasteiger partial charge is 0.310 e. The molecule has 1 rings (SSSR count). The van der Waals surface area contributed by atoms with Crippen molar-refractivity contribution >= 4 is 16.3 Å². The second-order valence-corrected chi connectivity index (χ2v) is 4.51. The summed E-state index contributed by atoms with van der Waals surface area (Å²) in [6.45, 7) is 4.99. The van der Waals surface area contributed by atoms with Gasteiger partial charge in [-0.1, -0.05) is 24.7 Å². The van der Waals surface area contributed by atoms with Crippen LogP contribution in [-0.2, 0) is 6.54 Å². The van der Waals surface area contributed by atoms with Crippen LogP contribution in [0.25, 0.3) is 0 Å². The maximum absolute atomic E-state index is 10.5. The molecule has 0 aliphatic heterocycles. The lowest BCUT2D eigenvalue weighted by Gasteiger charge is -2.11. The molecular weight excluding hydrogens is 212 g/mol. The zero-order valence-corrected chi connectivity index (χ0v) is 9.84. The third kappa shape index (κ3) is 3.97. The molecule has 0 fully saturated rings. The Hall–Kier alpha value is -0.940. The summed E-state index contributed by atoms with van der Waals surface area (Å²) in [6, 6.07) is 2.10. The minimum absolute atomic E-state index is 0.218. The maximum Gasteiger partial charge on any atom is 0.324 e. The Balaban J connectivity index is 2.40. The van der Waals surface area contributed by atoms with E-state index in [9.17, 15) is 10.1 Å². The van der Waals surface area contributed by atoms with Crippen LogP contribution in [0, 0.1) is 10.1 Å². The number of nitrogens with zero attached hydrogens (tertiary/aromatic N) is 1. The average molecular weight is 228 g/mol. The summed E-state index contributed by atoms with van der Waals surface area (Å²) in [5, 5.41) is 15.8. The van der Waals surface area contributed by atoms with E-state index in [2.05, 4.69) is 19.2 Å². The van der Waals surface area contributed by atoms with Crippen molar-refractivity contribution in [3.63, 3.8) is 0 Å². The van der Waals surface area contributed by atoms with Crippen LogP contribution in [0.15, 0.2) is 11.4 Å². The van der Waals surface area contributed by atoms with Crippen molar-refractivity contribution in [1.29, 1.82) is 0 Å². The van der Waals surface area contributed by atoms with Gasteiger partial charge in [0.25, 0.3) is 0 Å². The summed E-state index contributed by atoms with van der Waals surface area (Å²) in [5.41, 5.74) is 0.995. The summed E-state index contributed by atoms with van der Waals surface area (Å²) in [4.78, 5) is 10.1. The van der Waals surface area contributed by atoms with Gasteiger partial charge in [-0.2, -0.15) is 0 Å². The molecule has 1 atom stereocenters. The fourth-order valence-electron chi connectivity index (χ4n) is 1.38. The van der Waals surface area contributed by atoms with Crippen molar-refractivity contribution in [1.82, 2.24) is 5.32 Å². The Bertz CT molecular complexity index is 325. The molecule has 15 heavy (non-hydrogen) atoms. The van der Waals surface area contributed by atoms with Crippen molar-refractivity contribution in [3.8, 4) is 0 Å². The van der Waals surface area contributed by atoms with E-state index in [0.717, 1.165) is 18.4 Å². The minimum Gasteiger partial charge on any atom is -0.310 e. The molecule has 0 radical (unpaired) electrons. The van der Waals surface area contributed by atoms with E-state index in [1.807, 2.05) is 5.38 Å². The van der Waals surface area contributed by atoms with Crippen LogP contribution in [0.4, 0.5) is 5.00 Å². The highest BCUT2D eigenvalue weighted by molar-refractivity contribution is 7.13. The van der Waals surface area contributed by atoms with Crippen molar-refractivity contribution in [2.75, 3.05) is 0 Å². The molecule has 1 aromatic rings. The van der Waals surface area contributed by atoms with Crippen molar-refractivity contribution in [2.24, 2.45) is 0 Å². The molecule has 0 spiro atoms. The van der Waals surface area contributed by atoms with E-state index in [4.69, 9.17) is 0 Å². The molecular formula is C10H16N2O2S. The van der Waals surface area contributed by atoms with E-state index >= 15 is 0 Å². The van der Waals surface area contributed by atoms with Gasteiger partial charge in [-0.15, -0.1) is 0 Å². The first-order chi connectivity index (χ1) is 7.13. The van der Waals surface area contributed by atoms with Gasteiger partial charge in [0.15, 0.2) is 0 Å². The molecule has 84 valence electrons. The van der Waals surface area contributed by atoms with Gasteiger partial charge in [0.1, 0.15) is 0 Å². The van der Waals surface area contributed by atoms with E-state index in [1.165, 1.54) is 11.3 Å². The van der Waals surface area contributed by atoms with Crippen molar-refractivity contribution in [3.05, 3.63) is 27.1 Å². The molecule has 0 aliphatic carbocycles. The number of rotatable bonds is 6. The van der Waals surface area contributed by atoms with Gasteiger partial charge < -0.3 is 5.32 Å². The first-order valence-electron chi connectivity index (χ1n) is 5.08. The van der Waals surface area contributed by atoms with Crippen molar-refractivity contribution < 1.29 is 4.92 Å². The number of nitro groups is 1. The Morgan fingerprint density at radius 1 is 1.67 bits per heavy atom. The van der Waals surface area contributed by atoms with Crippen LogP contribution < -0.4 is 5.32 Å². The molecule has 0 bridgehead atoms. The normalized spacial score (nSPS) is 12.7. The summed E-state index contributed by atoms with van der Waals surface area (Å²) in [6.07, 6.45) is 2.28. The number of hydrogen-bond donors (Lipinski definition) is 1. The van der Waals surface area contributed by atoms with Gasteiger partial charge >= 0.3 is 5.00 Å². The van der Waals surface area contributed by atoms with Gasteiger partial charge in [0.05, 0.1) is 4.92 Å². The molecule has 1 aromatic heterocycles. The molecule has 0 amide bonds. The standard InChI is InChI=1S/C10H16N2O2S/c1-3-4-8(2)11-6-9-5-10(12(13)14)15-7-9/h5,7-8,11H,3-4,6H2,1-2H3. The molecule has 1 N–H and O–H groups in total. The fourth-order valence-corrected chi connectivity index (χ4v) is 2.11. The van der Waals surface area contributed by atoms with Gasteiger partial charge in [0, 0.05) is 24.0 Å². The molecule has 0 saturated carbocycles. The highest BCUT2D eigenvalue weighted by Crippen LogP contribution is 2.22. The second-order valence-electron chi connectivity index (χ2n) is 3.62. The lowest BCUT2D eigenvalue weighted by molar-refractivity contribution is -0.380. The molecule has 0 aliphatic rings. The SMILES string of the molecule is CCCC(C)NCc1csc([N+](=O)[O-])c1. The zero-order valence-electron chi connectivity index (χ0n) is 9.03. The van der Waals surface area contributed by atoms with E-state index in [1.54, 1.807) is 6.07 Å². The van der Waals surface area contributed by atoms with E-state index in [0.29, 0.717) is 12.6 Å². The first-order valence-corrected chi connectivity index (χ1v) is 5.96. The van der Waals surface area contributed by atoms with Gasteiger partial charge in [-0.05, 0) is 18.9 Å². The molecule has 1 unspecified atom stereocenters. The third-order valence-electron chi connectivity index (χ3n) is 2.20. The third-order valence-corrected chi connectivity index (χ3v) is 3.13. The monoisotopic (exact) mass is 228 g/mol. The maximum atomic E-state index is 10.5. The van der Waals surface area contributed by atoms with Gasteiger partial charge in [-0.25, -0.2) is 0 Å². The predicted octanol–water partition coefficient (Wildman–Crippen LogP) is 2.93. The van der Waals surface area contributed by atoms with Crippen LogP contribution in [0.5, 0.6) is 0 Å². The van der Waals surface area contributed by atoms with Crippen LogP contribution in [0.3, 0.4) is 0 Å². The highest BCUT2D eigenvalue weighted by atomic mass is 32.1. The predicted molar refractivity (Wildman–Crippen MR) is 62.2 cm³/mol. The summed E-state index contributed by atoms with van der Waals surface area (Å²) in [7, 11) is 0. The summed E-state index contributed by atoms with van der Waals surface area (Å²) >= 11 is 1.18. The van der Waals surface area contributed by atoms with Crippen LogP contribution >= 0.6 is 11.3 Å². The largest absolute Gasteiger partial charge is 0.324 e. The molecule has 5 heteroatoms. The van der Waals surface area contributed by atoms with Crippen LogP contribution in [0.1, 0.15) is 32.3 Å². The average Bonchev–Trinajstić information content (AvgIpc) is 2.63. The van der Waals surface area contributed by atoms with Crippen LogP contribution in [0.2, 0.25) is 0 Å². The first kappa shape index (κ1) is 12.1. The molecule has 4 nitrogen and oxygen atoms in total. The number of nitrogens with one attached hydrogen (secondary N) is 1. The van der Waals surface area contributed by atoms with Gasteiger partial charge in [0.2, 0.25) is 0 Å². The molecule has 1 heterocycles. The van der Waals surface area contributed by atoms with Crippen molar-refractivity contribution in [2.45, 2.75) is 39.3 Å². The molecule has 0 aromatic carbocycles. The Kier molecular flexibility index (Phi) is 4.71. The van der Waals surface area contributed by atoms with Crippen LogP contribution in [-0.4, -0.2) is 11.0 Å². The lowest BCUT2D eigenvalue weighted by atomic mass is 10.2. The quantitative estimate of drug-likeness (QED) is 0.601. The zero-order chi connectivity index (χ0) is 11.3. The van der Waals surface area contributed by atoms with E-state index in [-0.39, 0.29) is 9.92 Å². The summed E-state index contributed by atoms with van der Waals surface area (Å²) in [5.74, 6) is 0. The number of hydrogen-bond acceptors (Lipinski definition) is 4. The fraction of sp³-hybridized carbons (Fsp3) is 0.600. The second kappa shape index (κ2) is 5.82. The van der Waals surface area contributed by atoms with E-state index < -0.39 is 0 Å². The summed E-state index contributed by atoms with van der Waals surface area (Å²) < 4.78 is 0. The Morgan fingerprint density at radius 3 is 2.93 bits per heavy atom. The topological polar surface area (TPSA) is 55.2 Å². The Morgan fingerprint density at radius 2 is 2.40 bits per heavy atom. The highest BCUT2D eigenvalue weighted by Gasteiger charge is 2.09. The Labute approximate surface area is 93.5 Å². The number of thiophene rings is 1. The lowest BCUT2D eigenvalue weighted by Crippen LogP contribution is -2.24. The van der Waals surface area contributed by atoms with Gasteiger partial charge in [-0.3, -0.25) is 10.1 Å². The minimum atomic E-state index is -0.344.